The van der Waals surface area contributed by atoms with E-state index in [1.807, 2.05) is 42.5 Å². The van der Waals surface area contributed by atoms with Crippen LogP contribution in [0, 0.1) is 0 Å². The van der Waals surface area contributed by atoms with Crippen LogP contribution in [0.1, 0.15) is 17.2 Å². The summed E-state index contributed by atoms with van der Waals surface area (Å²) >= 11 is 0. The molecule has 0 saturated carbocycles. The van der Waals surface area contributed by atoms with Gasteiger partial charge in [-0.3, -0.25) is 14.6 Å². The maximum absolute atomic E-state index is 12.4. The van der Waals surface area contributed by atoms with E-state index >= 15 is 0 Å². The Kier molecular flexibility index (Phi) is 6.20. The van der Waals surface area contributed by atoms with E-state index in [9.17, 15) is 9.59 Å². The SMILES string of the molecule is CNC(=O)COc1cnc(-c2cccc(Cn3nc(C4C=NN(C)C4)ccc3=O)c2)nc1. The molecule has 3 aromatic rings. The van der Waals surface area contributed by atoms with Crippen LogP contribution in [0.2, 0.25) is 0 Å². The number of amides is 1. The molecule has 164 valence electrons. The molecule has 0 fully saturated rings. The van der Waals surface area contributed by atoms with Crippen molar-refractivity contribution in [1.82, 2.24) is 30.1 Å². The fraction of sp³-hybridized carbons (Fsp3) is 0.273. The number of hydrogen-bond acceptors (Lipinski definition) is 8. The molecule has 0 bridgehead atoms. The Morgan fingerprint density at radius 3 is 2.75 bits per heavy atom. The predicted molar refractivity (Wildman–Crippen MR) is 118 cm³/mol. The van der Waals surface area contributed by atoms with Crippen LogP contribution in [-0.2, 0) is 11.3 Å². The molecule has 1 amide bonds. The minimum absolute atomic E-state index is 0.0655. The standard InChI is InChI=1S/C22H23N7O3/c1-23-20(30)14-32-18-10-24-22(25-11-18)16-5-3-4-15(8-16)12-29-21(31)7-6-19(27-29)17-9-26-28(2)13-17/h3-11,17H,12-14H2,1-2H3,(H,23,30). The van der Waals surface area contributed by atoms with Crippen LogP contribution in [0.3, 0.4) is 0 Å². The van der Waals surface area contributed by atoms with E-state index in [2.05, 4.69) is 25.5 Å². The predicted octanol–water partition coefficient (Wildman–Crippen LogP) is 0.888. The number of nitrogens with one attached hydrogen (secondary N) is 1. The van der Waals surface area contributed by atoms with E-state index in [1.54, 1.807) is 19.2 Å². The van der Waals surface area contributed by atoms with Crippen molar-refractivity contribution in [3.8, 4) is 17.1 Å². The Balaban J connectivity index is 1.50. The molecule has 0 spiro atoms. The molecule has 1 atom stereocenters. The second kappa shape index (κ2) is 9.38. The summed E-state index contributed by atoms with van der Waals surface area (Å²) in [5.74, 6) is 0.748. The van der Waals surface area contributed by atoms with Gasteiger partial charge in [0.05, 0.1) is 30.6 Å². The first-order valence-electron chi connectivity index (χ1n) is 10.1. The average molecular weight is 433 g/mol. The molecule has 10 nitrogen and oxygen atoms in total. The first-order valence-corrected chi connectivity index (χ1v) is 10.1. The van der Waals surface area contributed by atoms with Crippen LogP contribution in [0.4, 0.5) is 0 Å². The van der Waals surface area contributed by atoms with Gasteiger partial charge in [-0.15, -0.1) is 0 Å². The monoisotopic (exact) mass is 433 g/mol. The lowest BCUT2D eigenvalue weighted by Crippen LogP contribution is -2.25. The summed E-state index contributed by atoms with van der Waals surface area (Å²) in [4.78, 5) is 32.3. The third kappa shape index (κ3) is 4.97. The fourth-order valence-corrected chi connectivity index (χ4v) is 3.26. The van der Waals surface area contributed by atoms with Crippen molar-refractivity contribution in [3.63, 3.8) is 0 Å². The highest BCUT2D eigenvalue weighted by Crippen LogP contribution is 2.19. The van der Waals surface area contributed by atoms with Gasteiger partial charge in [0.2, 0.25) is 0 Å². The molecule has 0 aliphatic carbocycles. The van der Waals surface area contributed by atoms with Gasteiger partial charge >= 0.3 is 0 Å². The van der Waals surface area contributed by atoms with Crippen molar-refractivity contribution in [1.29, 1.82) is 0 Å². The third-order valence-corrected chi connectivity index (χ3v) is 4.97. The number of carbonyl (C=O) groups is 1. The molecular formula is C22H23N7O3. The topological polar surface area (TPSA) is 115 Å². The smallest absolute Gasteiger partial charge is 0.267 e. The highest BCUT2D eigenvalue weighted by Gasteiger charge is 2.19. The zero-order valence-electron chi connectivity index (χ0n) is 17.8. The van der Waals surface area contributed by atoms with Gasteiger partial charge in [-0.05, 0) is 17.7 Å². The van der Waals surface area contributed by atoms with Gasteiger partial charge in [0.25, 0.3) is 11.5 Å². The summed E-state index contributed by atoms with van der Waals surface area (Å²) in [5, 5.41) is 13.1. The molecule has 1 aliphatic rings. The summed E-state index contributed by atoms with van der Waals surface area (Å²) < 4.78 is 6.79. The second-order valence-corrected chi connectivity index (χ2v) is 7.37. The number of likely N-dealkylation sites (N-methyl/N-ethyl adjacent to an activating group) is 2. The number of carbonyl (C=O) groups excluding carboxylic acids is 1. The van der Waals surface area contributed by atoms with E-state index < -0.39 is 0 Å². The lowest BCUT2D eigenvalue weighted by atomic mass is 10.1. The number of hydrazone groups is 1. The molecule has 1 aliphatic heterocycles. The maximum atomic E-state index is 12.4. The second-order valence-electron chi connectivity index (χ2n) is 7.37. The average Bonchev–Trinajstić information content (AvgIpc) is 3.25. The summed E-state index contributed by atoms with van der Waals surface area (Å²) in [5.41, 5.74) is 2.34. The largest absolute Gasteiger partial charge is 0.481 e. The van der Waals surface area contributed by atoms with Crippen molar-refractivity contribution < 1.29 is 9.53 Å². The molecule has 2 aromatic heterocycles. The Bertz CT molecular complexity index is 1190. The minimum Gasteiger partial charge on any atom is -0.481 e. The first-order chi connectivity index (χ1) is 15.5. The highest BCUT2D eigenvalue weighted by molar-refractivity contribution is 5.77. The summed E-state index contributed by atoms with van der Waals surface area (Å²) in [7, 11) is 3.44. The van der Waals surface area contributed by atoms with Crippen molar-refractivity contribution in [2.24, 2.45) is 5.10 Å². The Morgan fingerprint density at radius 1 is 1.22 bits per heavy atom. The molecule has 3 heterocycles. The van der Waals surface area contributed by atoms with Gasteiger partial charge in [-0.2, -0.15) is 10.2 Å². The quantitative estimate of drug-likeness (QED) is 0.588. The van der Waals surface area contributed by atoms with E-state index in [4.69, 9.17) is 4.74 Å². The molecule has 10 heteroatoms. The molecule has 1 aromatic carbocycles. The zero-order chi connectivity index (χ0) is 22.5. The van der Waals surface area contributed by atoms with Crippen LogP contribution >= 0.6 is 0 Å². The molecular weight excluding hydrogens is 410 g/mol. The molecule has 1 unspecified atom stereocenters. The highest BCUT2D eigenvalue weighted by atomic mass is 16.5. The van der Waals surface area contributed by atoms with Gasteiger partial charge in [0.1, 0.15) is 0 Å². The number of hydrogen-bond donors (Lipinski definition) is 1. The fourth-order valence-electron chi connectivity index (χ4n) is 3.26. The number of aromatic nitrogens is 4. The number of ether oxygens (including phenoxy) is 1. The van der Waals surface area contributed by atoms with Crippen LogP contribution in [0.5, 0.6) is 5.75 Å². The van der Waals surface area contributed by atoms with E-state index in [0.717, 1.165) is 23.4 Å². The number of rotatable bonds is 7. The maximum Gasteiger partial charge on any atom is 0.267 e. The van der Waals surface area contributed by atoms with Crippen LogP contribution in [-0.4, -0.2) is 64.1 Å². The van der Waals surface area contributed by atoms with Gasteiger partial charge in [0, 0.05) is 38.5 Å². The van der Waals surface area contributed by atoms with Gasteiger partial charge in [0.15, 0.2) is 18.2 Å². The van der Waals surface area contributed by atoms with Crippen molar-refractivity contribution in [2.75, 3.05) is 27.2 Å². The van der Waals surface area contributed by atoms with Crippen molar-refractivity contribution >= 4 is 12.1 Å². The molecule has 0 radical (unpaired) electrons. The minimum atomic E-state index is -0.234. The van der Waals surface area contributed by atoms with Gasteiger partial charge in [-0.25, -0.2) is 14.6 Å². The van der Waals surface area contributed by atoms with Gasteiger partial charge in [-0.1, -0.05) is 18.2 Å². The third-order valence-electron chi connectivity index (χ3n) is 4.97. The Morgan fingerprint density at radius 2 is 2.03 bits per heavy atom. The Hall–Kier alpha value is -4.08. The van der Waals surface area contributed by atoms with E-state index in [-0.39, 0.29) is 24.0 Å². The van der Waals surface area contributed by atoms with Crippen LogP contribution < -0.4 is 15.6 Å². The molecule has 1 N–H and O–H groups in total. The van der Waals surface area contributed by atoms with Gasteiger partial charge < -0.3 is 10.1 Å². The molecule has 4 rings (SSSR count). The van der Waals surface area contributed by atoms with Crippen molar-refractivity contribution in [2.45, 2.75) is 12.5 Å². The molecule has 0 saturated heterocycles. The lowest BCUT2D eigenvalue weighted by molar-refractivity contribution is -0.122. The van der Waals surface area contributed by atoms with E-state index in [0.29, 0.717) is 18.1 Å². The van der Waals surface area contributed by atoms with Crippen molar-refractivity contribution in [3.05, 3.63) is 70.4 Å². The van der Waals surface area contributed by atoms with E-state index in [1.165, 1.54) is 17.1 Å². The number of nitrogens with zero attached hydrogens (tertiary/aromatic N) is 6. The zero-order valence-corrected chi connectivity index (χ0v) is 17.8. The lowest BCUT2D eigenvalue weighted by Gasteiger charge is -2.12. The summed E-state index contributed by atoms with van der Waals surface area (Å²) in [6, 6.07) is 10.9. The first kappa shape index (κ1) is 21.2. The van der Waals surface area contributed by atoms with Crippen LogP contribution in [0.15, 0.2) is 58.7 Å². The van der Waals surface area contributed by atoms with Crippen LogP contribution in [0.25, 0.3) is 11.4 Å². The molecule has 32 heavy (non-hydrogen) atoms. The summed E-state index contributed by atoms with van der Waals surface area (Å²) in [6.07, 6.45) is 4.89. The number of benzene rings is 1. The Labute approximate surface area is 184 Å². The normalized spacial score (nSPS) is 15.1. The summed E-state index contributed by atoms with van der Waals surface area (Å²) in [6.45, 7) is 0.965.